The molecule has 5 nitrogen and oxygen atoms in total. The van der Waals surface area contributed by atoms with E-state index in [9.17, 15) is 10.1 Å². The fourth-order valence-corrected chi connectivity index (χ4v) is 4.37. The predicted octanol–water partition coefficient (Wildman–Crippen LogP) is 6.35. The summed E-state index contributed by atoms with van der Waals surface area (Å²) < 4.78 is 2.24. The smallest absolute Gasteiger partial charge is 0.269 e. The SMILES string of the molecule is O=[N+]([O-])c1ccc(Cl)c(CN2CCCn3cccc3C2c2ccc(Cl)c(Cl)c2)c1. The quantitative estimate of drug-likeness (QED) is 0.344. The average molecular weight is 451 g/mol. The molecule has 150 valence electrons. The Morgan fingerprint density at radius 2 is 1.79 bits per heavy atom. The number of nitrogens with zero attached hydrogens (tertiary/aromatic N) is 3. The topological polar surface area (TPSA) is 51.3 Å². The molecule has 0 amide bonds. The molecule has 0 aliphatic carbocycles. The molecule has 2 aromatic carbocycles. The van der Waals surface area contributed by atoms with Crippen LogP contribution in [0.1, 0.15) is 29.3 Å². The van der Waals surface area contributed by atoms with Gasteiger partial charge in [0.15, 0.2) is 0 Å². The maximum atomic E-state index is 11.2. The van der Waals surface area contributed by atoms with Gasteiger partial charge in [-0.15, -0.1) is 0 Å². The molecule has 1 aliphatic rings. The summed E-state index contributed by atoms with van der Waals surface area (Å²) in [5, 5.41) is 12.7. The summed E-state index contributed by atoms with van der Waals surface area (Å²) >= 11 is 18.8. The molecule has 2 heterocycles. The summed E-state index contributed by atoms with van der Waals surface area (Å²) in [6.07, 6.45) is 3.02. The van der Waals surface area contributed by atoms with Crippen molar-refractivity contribution in [3.63, 3.8) is 0 Å². The summed E-state index contributed by atoms with van der Waals surface area (Å²) in [6, 6.07) is 14.3. The number of nitro groups is 1. The highest BCUT2D eigenvalue weighted by molar-refractivity contribution is 6.42. The molecule has 0 bridgehead atoms. The van der Waals surface area contributed by atoms with Gasteiger partial charge in [0.25, 0.3) is 5.69 Å². The van der Waals surface area contributed by atoms with Gasteiger partial charge in [-0.05, 0) is 47.9 Å². The molecule has 0 fully saturated rings. The van der Waals surface area contributed by atoms with E-state index in [1.54, 1.807) is 18.2 Å². The molecule has 3 aromatic rings. The van der Waals surface area contributed by atoms with E-state index in [1.807, 2.05) is 18.2 Å². The Labute approximate surface area is 183 Å². The van der Waals surface area contributed by atoms with Crippen LogP contribution >= 0.6 is 34.8 Å². The summed E-state index contributed by atoms with van der Waals surface area (Å²) in [6.45, 7) is 2.20. The molecule has 0 saturated heterocycles. The first kappa shape index (κ1) is 20.2. The van der Waals surface area contributed by atoms with Crippen LogP contribution in [0.3, 0.4) is 0 Å². The molecule has 0 N–H and O–H groups in total. The lowest BCUT2D eigenvalue weighted by molar-refractivity contribution is -0.384. The fourth-order valence-electron chi connectivity index (χ4n) is 3.89. The fraction of sp³-hybridized carbons (Fsp3) is 0.238. The normalized spacial score (nSPS) is 17.0. The third kappa shape index (κ3) is 4.14. The van der Waals surface area contributed by atoms with Crippen molar-refractivity contribution in [2.75, 3.05) is 6.54 Å². The Balaban J connectivity index is 1.77. The zero-order valence-corrected chi connectivity index (χ0v) is 17.7. The minimum Gasteiger partial charge on any atom is -0.350 e. The van der Waals surface area contributed by atoms with Gasteiger partial charge in [0.05, 0.1) is 21.0 Å². The number of halogens is 3. The highest BCUT2D eigenvalue weighted by Gasteiger charge is 2.28. The van der Waals surface area contributed by atoms with Crippen molar-refractivity contribution in [3.05, 3.63) is 96.7 Å². The van der Waals surface area contributed by atoms with Crippen LogP contribution in [-0.4, -0.2) is 20.9 Å². The summed E-state index contributed by atoms with van der Waals surface area (Å²) in [4.78, 5) is 13.1. The maximum Gasteiger partial charge on any atom is 0.269 e. The van der Waals surface area contributed by atoms with Crippen LogP contribution in [0.15, 0.2) is 54.7 Å². The lowest BCUT2D eigenvalue weighted by atomic mass is 10.0. The van der Waals surface area contributed by atoms with Crippen molar-refractivity contribution in [3.8, 4) is 0 Å². The number of rotatable bonds is 4. The van der Waals surface area contributed by atoms with Crippen LogP contribution in [0.4, 0.5) is 5.69 Å². The molecule has 1 aliphatic heterocycles. The molecule has 0 saturated carbocycles. The van der Waals surface area contributed by atoms with Crippen molar-refractivity contribution in [1.82, 2.24) is 9.47 Å². The van der Waals surface area contributed by atoms with Crippen molar-refractivity contribution >= 4 is 40.5 Å². The standard InChI is InChI=1S/C21H18Cl3N3O2/c22-17-7-5-16(27(28)29)11-15(17)13-26-10-2-9-25-8-1-3-20(25)21(26)14-4-6-18(23)19(24)12-14/h1,3-8,11-12,21H,2,9-10,13H2. The lowest BCUT2D eigenvalue weighted by Crippen LogP contribution is -2.29. The molecule has 4 rings (SSSR count). The second-order valence-electron chi connectivity index (χ2n) is 7.06. The minimum atomic E-state index is -0.399. The van der Waals surface area contributed by atoms with Gasteiger partial charge in [-0.1, -0.05) is 40.9 Å². The molecule has 29 heavy (non-hydrogen) atoms. The number of nitro benzene ring substituents is 1. The Bertz CT molecular complexity index is 1070. The van der Waals surface area contributed by atoms with Crippen LogP contribution in [-0.2, 0) is 13.1 Å². The number of hydrogen-bond acceptors (Lipinski definition) is 3. The number of hydrogen-bond donors (Lipinski definition) is 0. The Morgan fingerprint density at radius 3 is 2.55 bits per heavy atom. The molecule has 1 aromatic heterocycles. The van der Waals surface area contributed by atoms with Crippen LogP contribution in [0, 0.1) is 10.1 Å². The number of benzene rings is 2. The monoisotopic (exact) mass is 449 g/mol. The van der Waals surface area contributed by atoms with Crippen molar-refractivity contribution in [1.29, 1.82) is 0 Å². The molecule has 8 heteroatoms. The second kappa shape index (κ2) is 8.36. The van der Waals surface area contributed by atoms with E-state index >= 15 is 0 Å². The van der Waals surface area contributed by atoms with Gasteiger partial charge in [0.1, 0.15) is 0 Å². The van der Waals surface area contributed by atoms with Gasteiger partial charge in [0.2, 0.25) is 0 Å². The Kier molecular flexibility index (Phi) is 5.83. The van der Waals surface area contributed by atoms with Gasteiger partial charge in [-0.3, -0.25) is 15.0 Å². The van der Waals surface area contributed by atoms with Gasteiger partial charge in [0, 0.05) is 48.7 Å². The van der Waals surface area contributed by atoms with Gasteiger partial charge in [-0.25, -0.2) is 0 Å². The number of aromatic nitrogens is 1. The Hall–Kier alpha value is -2.05. The van der Waals surface area contributed by atoms with E-state index in [0.717, 1.165) is 36.3 Å². The average Bonchev–Trinajstić information content (AvgIpc) is 3.07. The second-order valence-corrected chi connectivity index (χ2v) is 8.28. The first-order chi connectivity index (χ1) is 13.9. The van der Waals surface area contributed by atoms with E-state index in [-0.39, 0.29) is 11.7 Å². The van der Waals surface area contributed by atoms with Gasteiger partial charge < -0.3 is 4.57 Å². The predicted molar refractivity (Wildman–Crippen MR) is 116 cm³/mol. The van der Waals surface area contributed by atoms with Crippen LogP contribution in [0.25, 0.3) is 0 Å². The molecule has 0 radical (unpaired) electrons. The largest absolute Gasteiger partial charge is 0.350 e. The number of non-ortho nitro benzene ring substituents is 1. The number of aryl methyl sites for hydroxylation is 1. The Morgan fingerprint density at radius 1 is 1.00 bits per heavy atom. The summed E-state index contributed by atoms with van der Waals surface area (Å²) in [5.74, 6) is 0. The highest BCUT2D eigenvalue weighted by atomic mass is 35.5. The van der Waals surface area contributed by atoms with Crippen LogP contribution in [0.5, 0.6) is 0 Å². The molecule has 0 spiro atoms. The zero-order valence-electron chi connectivity index (χ0n) is 15.4. The molecule has 1 atom stereocenters. The van der Waals surface area contributed by atoms with E-state index in [2.05, 4.69) is 21.7 Å². The van der Waals surface area contributed by atoms with E-state index in [0.29, 0.717) is 21.6 Å². The van der Waals surface area contributed by atoms with E-state index < -0.39 is 4.92 Å². The summed E-state index contributed by atoms with van der Waals surface area (Å²) in [7, 11) is 0. The first-order valence-electron chi connectivity index (χ1n) is 9.21. The van der Waals surface area contributed by atoms with Crippen LogP contribution < -0.4 is 0 Å². The molecular weight excluding hydrogens is 433 g/mol. The minimum absolute atomic E-state index is 0.0358. The van der Waals surface area contributed by atoms with Crippen molar-refractivity contribution < 1.29 is 4.92 Å². The third-order valence-corrected chi connectivity index (χ3v) is 6.33. The zero-order chi connectivity index (χ0) is 20.5. The van der Waals surface area contributed by atoms with E-state index in [1.165, 1.54) is 6.07 Å². The van der Waals surface area contributed by atoms with Crippen molar-refractivity contribution in [2.45, 2.75) is 25.6 Å². The van der Waals surface area contributed by atoms with Gasteiger partial charge >= 0.3 is 0 Å². The number of fused-ring (bicyclic) bond motifs is 1. The van der Waals surface area contributed by atoms with Crippen molar-refractivity contribution in [2.24, 2.45) is 0 Å². The first-order valence-corrected chi connectivity index (χ1v) is 10.3. The third-order valence-electron chi connectivity index (χ3n) is 5.23. The van der Waals surface area contributed by atoms with E-state index in [4.69, 9.17) is 34.8 Å². The maximum absolute atomic E-state index is 11.2. The summed E-state index contributed by atoms with van der Waals surface area (Å²) in [5.41, 5.74) is 2.92. The lowest BCUT2D eigenvalue weighted by Gasteiger charge is -2.31. The van der Waals surface area contributed by atoms with Gasteiger partial charge in [-0.2, -0.15) is 0 Å². The molecular formula is C21H18Cl3N3O2. The van der Waals surface area contributed by atoms with Crippen LogP contribution in [0.2, 0.25) is 15.1 Å². The molecule has 1 unspecified atom stereocenters. The highest BCUT2D eigenvalue weighted by Crippen LogP contribution is 2.36.